The molecule has 0 aliphatic heterocycles. The van der Waals surface area contributed by atoms with Gasteiger partial charge in [0.15, 0.2) is 0 Å². The van der Waals surface area contributed by atoms with Gasteiger partial charge in [0.05, 0.1) is 6.61 Å². The molecule has 1 aromatic rings. The van der Waals surface area contributed by atoms with Gasteiger partial charge in [0.2, 0.25) is 0 Å². The summed E-state index contributed by atoms with van der Waals surface area (Å²) in [5.41, 5.74) is 8.61. The quantitative estimate of drug-likeness (QED) is 0.848. The average molecular weight is 219 g/mol. The molecule has 1 fully saturated rings. The first-order valence-corrected chi connectivity index (χ1v) is 6.12. The van der Waals surface area contributed by atoms with Crippen LogP contribution >= 0.6 is 0 Å². The number of ether oxygens (including phenoxy) is 1. The van der Waals surface area contributed by atoms with Gasteiger partial charge in [0.1, 0.15) is 5.75 Å². The highest BCUT2D eigenvalue weighted by Crippen LogP contribution is 2.25. The van der Waals surface area contributed by atoms with Gasteiger partial charge in [-0.15, -0.1) is 0 Å². The maximum absolute atomic E-state index is 6.02. The van der Waals surface area contributed by atoms with Crippen molar-refractivity contribution in [3.8, 4) is 5.75 Å². The minimum atomic E-state index is 0.339. The second kappa shape index (κ2) is 4.88. The Morgan fingerprint density at radius 3 is 2.69 bits per heavy atom. The second-order valence-corrected chi connectivity index (χ2v) is 4.91. The van der Waals surface area contributed by atoms with E-state index in [0.29, 0.717) is 12.0 Å². The van der Waals surface area contributed by atoms with Crippen molar-refractivity contribution in [3.05, 3.63) is 29.3 Å². The molecule has 0 saturated heterocycles. The highest BCUT2D eigenvalue weighted by atomic mass is 16.5. The molecular formula is C14H21NO. The van der Waals surface area contributed by atoms with Crippen LogP contribution in [0.4, 0.5) is 0 Å². The molecule has 2 rings (SSSR count). The maximum Gasteiger partial charge on any atom is 0.119 e. The fourth-order valence-electron chi connectivity index (χ4n) is 2.28. The van der Waals surface area contributed by atoms with Crippen LogP contribution in [0.1, 0.15) is 30.4 Å². The van der Waals surface area contributed by atoms with Crippen LogP contribution in [0.25, 0.3) is 0 Å². The molecule has 16 heavy (non-hydrogen) atoms. The third kappa shape index (κ3) is 2.56. The van der Waals surface area contributed by atoms with Crippen LogP contribution in [-0.2, 0) is 0 Å². The largest absolute Gasteiger partial charge is 0.493 e. The molecule has 2 N–H and O–H groups in total. The van der Waals surface area contributed by atoms with E-state index in [-0.39, 0.29) is 0 Å². The molecule has 0 radical (unpaired) electrons. The lowest BCUT2D eigenvalue weighted by Gasteiger charge is -2.16. The Morgan fingerprint density at radius 2 is 2.06 bits per heavy atom. The Kier molecular flexibility index (Phi) is 3.49. The van der Waals surface area contributed by atoms with Crippen molar-refractivity contribution in [1.29, 1.82) is 0 Å². The van der Waals surface area contributed by atoms with Crippen molar-refractivity contribution in [3.63, 3.8) is 0 Å². The zero-order chi connectivity index (χ0) is 11.5. The van der Waals surface area contributed by atoms with Gasteiger partial charge < -0.3 is 10.5 Å². The van der Waals surface area contributed by atoms with E-state index < -0.39 is 0 Å². The fraction of sp³-hybridized carbons (Fsp3) is 0.571. The van der Waals surface area contributed by atoms with Crippen molar-refractivity contribution >= 4 is 0 Å². The van der Waals surface area contributed by atoms with Crippen LogP contribution < -0.4 is 10.5 Å². The zero-order valence-electron chi connectivity index (χ0n) is 10.2. The summed E-state index contributed by atoms with van der Waals surface area (Å²) in [6.45, 7) is 5.00. The van der Waals surface area contributed by atoms with E-state index in [1.807, 2.05) is 6.07 Å². The van der Waals surface area contributed by atoms with Gasteiger partial charge in [0.25, 0.3) is 0 Å². The van der Waals surface area contributed by atoms with E-state index >= 15 is 0 Å². The summed E-state index contributed by atoms with van der Waals surface area (Å²) in [5, 5.41) is 0. The SMILES string of the molecule is Cc1ccc(OC[C@H]2CCC[C@@H]2N)cc1C. The van der Waals surface area contributed by atoms with Crippen LogP contribution in [0.3, 0.4) is 0 Å². The molecule has 2 atom stereocenters. The Labute approximate surface area is 97.8 Å². The van der Waals surface area contributed by atoms with Crippen LogP contribution in [0.5, 0.6) is 5.75 Å². The smallest absolute Gasteiger partial charge is 0.119 e. The molecule has 1 aliphatic rings. The summed E-state index contributed by atoms with van der Waals surface area (Å²) in [7, 11) is 0. The lowest BCUT2D eigenvalue weighted by Crippen LogP contribution is -2.28. The molecule has 0 spiro atoms. The number of rotatable bonds is 3. The van der Waals surface area contributed by atoms with Gasteiger partial charge in [-0.25, -0.2) is 0 Å². The Bertz CT molecular complexity index is 362. The lowest BCUT2D eigenvalue weighted by atomic mass is 10.1. The maximum atomic E-state index is 6.02. The summed E-state index contributed by atoms with van der Waals surface area (Å²) < 4.78 is 5.82. The molecule has 2 nitrogen and oxygen atoms in total. The van der Waals surface area contributed by atoms with E-state index in [9.17, 15) is 0 Å². The molecule has 1 saturated carbocycles. The van der Waals surface area contributed by atoms with E-state index in [0.717, 1.165) is 18.8 Å². The Balaban J connectivity index is 1.91. The van der Waals surface area contributed by atoms with Gasteiger partial charge in [-0.1, -0.05) is 12.5 Å². The average Bonchev–Trinajstić information content (AvgIpc) is 2.66. The highest BCUT2D eigenvalue weighted by Gasteiger charge is 2.24. The molecule has 1 aliphatic carbocycles. The molecule has 0 heterocycles. The number of aryl methyl sites for hydroxylation is 2. The summed E-state index contributed by atoms with van der Waals surface area (Å²) in [4.78, 5) is 0. The number of nitrogens with two attached hydrogens (primary N) is 1. The molecule has 1 aromatic carbocycles. The molecule has 0 unspecified atom stereocenters. The summed E-state index contributed by atoms with van der Waals surface area (Å²) in [6.07, 6.45) is 3.62. The Morgan fingerprint density at radius 1 is 1.25 bits per heavy atom. The van der Waals surface area contributed by atoms with Gasteiger partial charge in [-0.2, -0.15) is 0 Å². The van der Waals surface area contributed by atoms with Crippen LogP contribution in [0.2, 0.25) is 0 Å². The predicted octanol–water partition coefficient (Wildman–Crippen LogP) is 2.81. The van der Waals surface area contributed by atoms with Crippen molar-refractivity contribution in [2.75, 3.05) is 6.61 Å². The minimum Gasteiger partial charge on any atom is -0.493 e. The number of hydrogen-bond acceptors (Lipinski definition) is 2. The van der Waals surface area contributed by atoms with Crippen LogP contribution in [0, 0.1) is 19.8 Å². The zero-order valence-corrected chi connectivity index (χ0v) is 10.2. The van der Waals surface area contributed by atoms with Crippen molar-refractivity contribution < 1.29 is 4.74 Å². The molecule has 0 amide bonds. The van der Waals surface area contributed by atoms with Gasteiger partial charge >= 0.3 is 0 Å². The van der Waals surface area contributed by atoms with Crippen molar-refractivity contribution in [2.45, 2.75) is 39.2 Å². The molecule has 0 aromatic heterocycles. The van der Waals surface area contributed by atoms with Gasteiger partial charge in [-0.3, -0.25) is 0 Å². The van der Waals surface area contributed by atoms with E-state index in [1.54, 1.807) is 0 Å². The number of benzene rings is 1. The second-order valence-electron chi connectivity index (χ2n) is 4.91. The lowest BCUT2D eigenvalue weighted by molar-refractivity contribution is 0.239. The normalized spacial score (nSPS) is 24.7. The summed E-state index contributed by atoms with van der Waals surface area (Å²) >= 11 is 0. The first-order chi connectivity index (χ1) is 7.66. The first-order valence-electron chi connectivity index (χ1n) is 6.12. The molecular weight excluding hydrogens is 198 g/mol. The fourth-order valence-corrected chi connectivity index (χ4v) is 2.28. The Hall–Kier alpha value is -1.02. The van der Waals surface area contributed by atoms with Gasteiger partial charge in [-0.05, 0) is 49.9 Å². The molecule has 2 heteroatoms. The van der Waals surface area contributed by atoms with Gasteiger partial charge in [0, 0.05) is 12.0 Å². The van der Waals surface area contributed by atoms with Crippen molar-refractivity contribution in [1.82, 2.24) is 0 Å². The third-order valence-corrected chi connectivity index (χ3v) is 3.66. The first kappa shape index (κ1) is 11.5. The van der Waals surface area contributed by atoms with Crippen molar-refractivity contribution in [2.24, 2.45) is 11.7 Å². The standard InChI is InChI=1S/C14H21NO/c1-10-6-7-13(8-11(10)2)16-9-12-4-3-5-14(12)15/h6-8,12,14H,3-5,9,15H2,1-2H3/t12-,14+/m1/s1. The topological polar surface area (TPSA) is 35.2 Å². The highest BCUT2D eigenvalue weighted by molar-refractivity contribution is 5.33. The van der Waals surface area contributed by atoms with E-state index in [1.165, 1.54) is 24.0 Å². The van der Waals surface area contributed by atoms with Crippen LogP contribution in [0.15, 0.2) is 18.2 Å². The van der Waals surface area contributed by atoms with E-state index in [2.05, 4.69) is 26.0 Å². The molecule has 88 valence electrons. The van der Waals surface area contributed by atoms with Crippen LogP contribution in [-0.4, -0.2) is 12.6 Å². The summed E-state index contributed by atoms with van der Waals surface area (Å²) in [5.74, 6) is 1.52. The third-order valence-electron chi connectivity index (χ3n) is 3.66. The minimum absolute atomic E-state index is 0.339. The molecule has 0 bridgehead atoms. The number of hydrogen-bond donors (Lipinski definition) is 1. The van der Waals surface area contributed by atoms with E-state index in [4.69, 9.17) is 10.5 Å². The summed E-state index contributed by atoms with van der Waals surface area (Å²) in [6, 6.07) is 6.60. The predicted molar refractivity (Wildman–Crippen MR) is 66.7 cm³/mol. The monoisotopic (exact) mass is 219 g/mol.